The van der Waals surface area contributed by atoms with E-state index in [2.05, 4.69) is 0 Å². The third-order valence-corrected chi connectivity index (χ3v) is 9.67. The fourth-order valence-electron chi connectivity index (χ4n) is 4.68. The topological polar surface area (TPSA) is 85.4 Å². The lowest BCUT2D eigenvalue weighted by Crippen LogP contribution is -2.43. The van der Waals surface area contributed by atoms with E-state index in [1.54, 1.807) is 48.7 Å². The second kappa shape index (κ2) is 15.2. The van der Waals surface area contributed by atoms with Crippen molar-refractivity contribution in [2.24, 2.45) is 0 Å². The largest absolute Gasteiger partial charge is 0.493 e. The summed E-state index contributed by atoms with van der Waals surface area (Å²) in [6.07, 6.45) is 1.05. The van der Waals surface area contributed by atoms with Gasteiger partial charge in [0.2, 0.25) is 15.9 Å². The van der Waals surface area contributed by atoms with Crippen LogP contribution in [0.15, 0.2) is 83.1 Å². The number of methoxy groups -OCH3 is 2. The van der Waals surface area contributed by atoms with Gasteiger partial charge in [-0.1, -0.05) is 42.5 Å². The molecule has 0 aliphatic carbocycles. The van der Waals surface area contributed by atoms with Crippen LogP contribution >= 0.6 is 11.3 Å². The van der Waals surface area contributed by atoms with Gasteiger partial charge in [0.1, 0.15) is 0 Å². The highest BCUT2D eigenvalue weighted by atomic mass is 32.2. The molecule has 42 heavy (non-hydrogen) atoms. The quantitative estimate of drug-likeness (QED) is 0.153. The van der Waals surface area contributed by atoms with Crippen LogP contribution in [0.5, 0.6) is 11.5 Å². The number of rotatable bonds is 16. The van der Waals surface area contributed by atoms with Crippen molar-refractivity contribution in [2.75, 3.05) is 47.1 Å². The lowest BCUT2D eigenvalue weighted by atomic mass is 10.1. The Labute approximate surface area is 252 Å². The molecule has 0 N–H and O–H groups in total. The van der Waals surface area contributed by atoms with Gasteiger partial charge in [0.25, 0.3) is 0 Å². The zero-order valence-electron chi connectivity index (χ0n) is 24.3. The van der Waals surface area contributed by atoms with Crippen molar-refractivity contribution in [3.05, 3.63) is 88.6 Å². The highest BCUT2D eigenvalue weighted by molar-refractivity contribution is 7.89. The average molecular weight is 611 g/mol. The van der Waals surface area contributed by atoms with Gasteiger partial charge in [0.15, 0.2) is 11.5 Å². The molecule has 1 heterocycles. The van der Waals surface area contributed by atoms with Crippen LogP contribution in [-0.2, 0) is 32.5 Å². The predicted octanol–water partition coefficient (Wildman–Crippen LogP) is 5.61. The van der Waals surface area contributed by atoms with E-state index in [4.69, 9.17) is 14.2 Å². The number of fused-ring (bicyclic) bond motifs is 1. The summed E-state index contributed by atoms with van der Waals surface area (Å²) >= 11 is 1.56. The molecule has 4 aromatic rings. The number of benzene rings is 3. The molecular weight excluding hydrogens is 572 g/mol. The first-order valence-corrected chi connectivity index (χ1v) is 16.3. The number of hydrogen-bond acceptors (Lipinski definition) is 7. The summed E-state index contributed by atoms with van der Waals surface area (Å²) in [6.45, 7) is 3.56. The van der Waals surface area contributed by atoms with Gasteiger partial charge in [-0.05, 0) is 71.8 Å². The van der Waals surface area contributed by atoms with E-state index in [0.29, 0.717) is 50.6 Å². The standard InChI is InChI=1S/C32H38N2O6S2/c1-4-40-19-8-17-34(42(36,37)29-14-13-26-9-5-6-10-27(26)22-29)24-32(35)33(23-28-11-7-20-41-28)18-16-25-12-15-30(38-2)31(21-25)39-3/h5-7,9-15,20-22H,4,8,16-19,23-24H2,1-3H3. The number of carbonyl (C=O) groups is 1. The summed E-state index contributed by atoms with van der Waals surface area (Å²) in [6, 6.07) is 22.3. The minimum absolute atomic E-state index is 0.167. The molecule has 1 aromatic heterocycles. The maximum Gasteiger partial charge on any atom is 0.243 e. The minimum Gasteiger partial charge on any atom is -0.493 e. The summed E-state index contributed by atoms with van der Waals surface area (Å²) in [5, 5.41) is 3.75. The molecule has 0 saturated heterocycles. The SMILES string of the molecule is CCOCCCN(CC(=O)N(CCc1ccc(OC)c(OC)c1)Cc1cccs1)S(=O)(=O)c1ccc2ccccc2c1. The van der Waals surface area contributed by atoms with Crippen molar-refractivity contribution in [1.82, 2.24) is 9.21 Å². The molecule has 4 rings (SSSR count). The summed E-state index contributed by atoms with van der Waals surface area (Å²) < 4.78 is 45.4. The molecule has 1 amide bonds. The molecule has 0 bridgehead atoms. The molecule has 10 heteroatoms. The highest BCUT2D eigenvalue weighted by Gasteiger charge is 2.29. The van der Waals surface area contributed by atoms with Crippen LogP contribution in [0, 0.1) is 0 Å². The minimum atomic E-state index is -3.95. The number of amides is 1. The predicted molar refractivity (Wildman–Crippen MR) is 167 cm³/mol. The lowest BCUT2D eigenvalue weighted by molar-refractivity contribution is -0.132. The zero-order chi connectivity index (χ0) is 30.0. The van der Waals surface area contributed by atoms with Crippen LogP contribution in [0.3, 0.4) is 0 Å². The van der Waals surface area contributed by atoms with Crippen molar-refractivity contribution in [1.29, 1.82) is 0 Å². The third kappa shape index (κ3) is 8.10. The maximum atomic E-state index is 13.9. The van der Waals surface area contributed by atoms with Crippen molar-refractivity contribution in [3.8, 4) is 11.5 Å². The van der Waals surface area contributed by atoms with Crippen molar-refractivity contribution in [3.63, 3.8) is 0 Å². The lowest BCUT2D eigenvalue weighted by Gasteiger charge is -2.27. The Hall–Kier alpha value is -3.44. The number of thiophene rings is 1. The van der Waals surface area contributed by atoms with E-state index in [1.165, 1.54) is 4.31 Å². The Morgan fingerprint density at radius 1 is 0.881 bits per heavy atom. The molecule has 224 valence electrons. The van der Waals surface area contributed by atoms with E-state index in [1.807, 2.05) is 66.9 Å². The Bertz CT molecular complexity index is 1560. The number of nitrogens with zero attached hydrogens (tertiary/aromatic N) is 2. The van der Waals surface area contributed by atoms with Gasteiger partial charge < -0.3 is 19.1 Å². The number of hydrogen-bond donors (Lipinski definition) is 0. The van der Waals surface area contributed by atoms with Gasteiger partial charge >= 0.3 is 0 Å². The number of sulfonamides is 1. The van der Waals surface area contributed by atoms with E-state index in [-0.39, 0.29) is 23.9 Å². The third-order valence-electron chi connectivity index (χ3n) is 6.97. The Kier molecular flexibility index (Phi) is 11.4. The maximum absolute atomic E-state index is 13.9. The molecule has 0 aliphatic rings. The molecule has 0 unspecified atom stereocenters. The van der Waals surface area contributed by atoms with E-state index < -0.39 is 10.0 Å². The van der Waals surface area contributed by atoms with Crippen LogP contribution in [0.4, 0.5) is 0 Å². The Morgan fingerprint density at radius 3 is 2.38 bits per heavy atom. The second-order valence-electron chi connectivity index (χ2n) is 9.73. The van der Waals surface area contributed by atoms with Crippen molar-refractivity contribution < 1.29 is 27.4 Å². The van der Waals surface area contributed by atoms with Crippen LogP contribution in [-0.4, -0.2) is 70.6 Å². The molecular formula is C32H38N2O6S2. The van der Waals surface area contributed by atoms with Crippen molar-refractivity contribution >= 4 is 38.0 Å². The van der Waals surface area contributed by atoms with Gasteiger partial charge in [0, 0.05) is 31.2 Å². The monoisotopic (exact) mass is 610 g/mol. The van der Waals surface area contributed by atoms with Crippen LogP contribution in [0.2, 0.25) is 0 Å². The smallest absolute Gasteiger partial charge is 0.243 e. The molecule has 0 radical (unpaired) electrons. The van der Waals surface area contributed by atoms with Crippen molar-refractivity contribution in [2.45, 2.75) is 31.2 Å². The van der Waals surface area contributed by atoms with Gasteiger partial charge in [-0.2, -0.15) is 4.31 Å². The summed E-state index contributed by atoms with van der Waals surface area (Å²) in [5.74, 6) is 0.993. The van der Waals surface area contributed by atoms with Gasteiger partial charge in [0.05, 0.1) is 32.2 Å². The molecule has 0 saturated carbocycles. The molecule has 0 spiro atoms. The molecule has 3 aromatic carbocycles. The highest BCUT2D eigenvalue weighted by Crippen LogP contribution is 2.28. The fourth-order valence-corrected chi connectivity index (χ4v) is 6.87. The average Bonchev–Trinajstić information content (AvgIpc) is 3.53. The van der Waals surface area contributed by atoms with Crippen LogP contribution in [0.25, 0.3) is 10.8 Å². The number of carbonyl (C=O) groups excluding carboxylic acids is 1. The normalized spacial score (nSPS) is 11.6. The van der Waals surface area contributed by atoms with Crippen LogP contribution < -0.4 is 9.47 Å². The Morgan fingerprint density at radius 2 is 1.67 bits per heavy atom. The first-order chi connectivity index (χ1) is 20.3. The summed E-state index contributed by atoms with van der Waals surface area (Å²) in [7, 11) is -0.776. The van der Waals surface area contributed by atoms with E-state index in [0.717, 1.165) is 21.2 Å². The fraction of sp³-hybridized carbons (Fsp3) is 0.344. The number of ether oxygens (including phenoxy) is 3. The van der Waals surface area contributed by atoms with Gasteiger partial charge in [-0.25, -0.2) is 8.42 Å². The van der Waals surface area contributed by atoms with Gasteiger partial charge in [-0.3, -0.25) is 4.79 Å². The Balaban J connectivity index is 1.57. The molecule has 0 atom stereocenters. The van der Waals surface area contributed by atoms with Crippen LogP contribution in [0.1, 0.15) is 23.8 Å². The zero-order valence-corrected chi connectivity index (χ0v) is 26.0. The van der Waals surface area contributed by atoms with Gasteiger partial charge in [-0.15, -0.1) is 11.3 Å². The first kappa shape index (κ1) is 31.5. The molecule has 0 aliphatic heterocycles. The summed E-state index contributed by atoms with van der Waals surface area (Å²) in [5.41, 5.74) is 0.981. The van der Waals surface area contributed by atoms with E-state index >= 15 is 0 Å². The molecule has 8 nitrogen and oxygen atoms in total. The first-order valence-electron chi connectivity index (χ1n) is 13.9. The molecule has 0 fully saturated rings. The van der Waals surface area contributed by atoms with E-state index in [9.17, 15) is 13.2 Å². The second-order valence-corrected chi connectivity index (χ2v) is 12.7. The summed E-state index contributed by atoms with van der Waals surface area (Å²) in [4.78, 5) is 16.8.